The van der Waals surface area contributed by atoms with Gasteiger partial charge in [-0.05, 0) is 36.2 Å². The van der Waals surface area contributed by atoms with E-state index in [1.807, 2.05) is 13.2 Å². The Bertz CT molecular complexity index is 697. The maximum Gasteiger partial charge on any atom is 0.229 e. The van der Waals surface area contributed by atoms with Gasteiger partial charge in [0.15, 0.2) is 0 Å². The van der Waals surface area contributed by atoms with Crippen molar-refractivity contribution in [1.29, 1.82) is 0 Å². The lowest BCUT2D eigenvalue weighted by molar-refractivity contribution is -0.119. The highest BCUT2D eigenvalue weighted by Crippen LogP contribution is 2.29. The van der Waals surface area contributed by atoms with Crippen LogP contribution in [-0.4, -0.2) is 28.8 Å². The molecule has 116 valence electrons. The Balaban J connectivity index is 1.76. The average Bonchev–Trinajstić information content (AvgIpc) is 3.10. The van der Waals surface area contributed by atoms with E-state index in [0.717, 1.165) is 17.7 Å². The van der Waals surface area contributed by atoms with E-state index >= 15 is 0 Å². The molecule has 0 bridgehead atoms. The van der Waals surface area contributed by atoms with Gasteiger partial charge in [-0.2, -0.15) is 5.10 Å². The predicted octanol–water partition coefficient (Wildman–Crippen LogP) is 1.81. The van der Waals surface area contributed by atoms with Crippen LogP contribution in [0.3, 0.4) is 0 Å². The van der Waals surface area contributed by atoms with Crippen LogP contribution in [0, 0.1) is 18.7 Å². The lowest BCUT2D eigenvalue weighted by Gasteiger charge is -2.18. The molecule has 1 aromatic heterocycles. The van der Waals surface area contributed by atoms with Gasteiger partial charge in [-0.25, -0.2) is 4.39 Å². The number of anilines is 1. The number of carbonyl (C=O) groups is 1. The summed E-state index contributed by atoms with van der Waals surface area (Å²) in [5.41, 5.74) is 2.43. The summed E-state index contributed by atoms with van der Waals surface area (Å²) in [4.78, 5) is 12.6. The largest absolute Gasteiger partial charge is 0.326 e. The van der Waals surface area contributed by atoms with Crippen LogP contribution >= 0.6 is 0 Å². The molecule has 3 rings (SSSR count). The van der Waals surface area contributed by atoms with E-state index < -0.39 is 0 Å². The van der Waals surface area contributed by atoms with E-state index in [0.29, 0.717) is 12.2 Å². The number of amides is 1. The molecule has 1 aromatic carbocycles. The molecule has 1 fully saturated rings. The zero-order valence-electron chi connectivity index (χ0n) is 12.6. The summed E-state index contributed by atoms with van der Waals surface area (Å²) in [7, 11) is 1.86. The predicted molar refractivity (Wildman–Crippen MR) is 82.1 cm³/mol. The fourth-order valence-electron chi connectivity index (χ4n) is 2.93. The third-order valence-corrected chi connectivity index (χ3v) is 4.15. The summed E-state index contributed by atoms with van der Waals surface area (Å²) in [6.07, 6.45) is 3.75. The number of halogens is 1. The van der Waals surface area contributed by atoms with E-state index in [1.54, 1.807) is 23.9 Å². The van der Waals surface area contributed by atoms with Crippen LogP contribution in [0.5, 0.6) is 0 Å². The van der Waals surface area contributed by atoms with Gasteiger partial charge in [0.05, 0.1) is 12.1 Å². The second-order valence-corrected chi connectivity index (χ2v) is 5.77. The summed E-state index contributed by atoms with van der Waals surface area (Å²) in [5, 5.41) is 10.4. The maximum atomic E-state index is 13.1. The van der Waals surface area contributed by atoms with Crippen LogP contribution in [0.1, 0.15) is 17.0 Å². The Morgan fingerprint density at radius 3 is 2.95 bits per heavy atom. The SMILES string of the molecule is Cc1cc(F)ccc1NC(=O)[C@H]1CNC[C@@H]1c1cnn(C)c1. The number of nitrogens with zero attached hydrogens (tertiary/aromatic N) is 2. The van der Waals surface area contributed by atoms with Crippen LogP contribution in [0.15, 0.2) is 30.6 Å². The number of nitrogens with one attached hydrogen (secondary N) is 2. The van der Waals surface area contributed by atoms with E-state index in [9.17, 15) is 9.18 Å². The van der Waals surface area contributed by atoms with Crippen molar-refractivity contribution in [2.75, 3.05) is 18.4 Å². The van der Waals surface area contributed by atoms with Crippen molar-refractivity contribution in [2.45, 2.75) is 12.8 Å². The minimum absolute atomic E-state index is 0.0476. The molecular formula is C16H19FN4O. The molecule has 2 atom stereocenters. The third kappa shape index (κ3) is 2.87. The van der Waals surface area contributed by atoms with Crippen molar-refractivity contribution < 1.29 is 9.18 Å². The van der Waals surface area contributed by atoms with E-state index in [4.69, 9.17) is 0 Å². The van der Waals surface area contributed by atoms with Gasteiger partial charge in [-0.1, -0.05) is 0 Å². The zero-order chi connectivity index (χ0) is 15.7. The van der Waals surface area contributed by atoms with Gasteiger partial charge in [0.1, 0.15) is 5.82 Å². The molecule has 5 nitrogen and oxygen atoms in total. The van der Waals surface area contributed by atoms with Crippen LogP contribution in [0.4, 0.5) is 10.1 Å². The molecule has 0 unspecified atom stereocenters. The smallest absolute Gasteiger partial charge is 0.229 e. The van der Waals surface area contributed by atoms with Crippen molar-refractivity contribution >= 4 is 11.6 Å². The molecule has 22 heavy (non-hydrogen) atoms. The fraction of sp³-hybridized carbons (Fsp3) is 0.375. The minimum Gasteiger partial charge on any atom is -0.326 e. The number of hydrogen-bond acceptors (Lipinski definition) is 3. The first-order valence-corrected chi connectivity index (χ1v) is 7.31. The molecule has 1 aliphatic heterocycles. The summed E-state index contributed by atoms with van der Waals surface area (Å²) >= 11 is 0. The molecule has 2 heterocycles. The summed E-state index contributed by atoms with van der Waals surface area (Å²) in [5.74, 6) is -0.400. The van der Waals surface area contributed by atoms with Crippen molar-refractivity contribution in [1.82, 2.24) is 15.1 Å². The van der Waals surface area contributed by atoms with Crippen molar-refractivity contribution in [2.24, 2.45) is 13.0 Å². The normalized spacial score (nSPS) is 21.0. The molecule has 0 radical (unpaired) electrons. The molecule has 2 aromatic rings. The van der Waals surface area contributed by atoms with Crippen LogP contribution < -0.4 is 10.6 Å². The van der Waals surface area contributed by atoms with Crippen molar-refractivity contribution in [3.8, 4) is 0 Å². The molecular weight excluding hydrogens is 283 g/mol. The highest BCUT2D eigenvalue weighted by molar-refractivity contribution is 5.94. The molecule has 1 aliphatic rings. The lowest BCUT2D eigenvalue weighted by Crippen LogP contribution is -2.28. The molecule has 6 heteroatoms. The van der Waals surface area contributed by atoms with E-state index in [2.05, 4.69) is 15.7 Å². The third-order valence-electron chi connectivity index (χ3n) is 4.15. The first-order chi connectivity index (χ1) is 10.5. The Kier molecular flexibility index (Phi) is 3.94. The molecule has 1 saturated heterocycles. The molecule has 0 aliphatic carbocycles. The van der Waals surface area contributed by atoms with Gasteiger partial charge in [0.2, 0.25) is 5.91 Å². The van der Waals surface area contributed by atoms with Crippen LogP contribution in [0.2, 0.25) is 0 Å². The van der Waals surface area contributed by atoms with E-state index in [1.165, 1.54) is 12.1 Å². The second kappa shape index (κ2) is 5.88. The first-order valence-electron chi connectivity index (χ1n) is 7.31. The molecule has 0 saturated carbocycles. The van der Waals surface area contributed by atoms with Crippen molar-refractivity contribution in [3.05, 3.63) is 47.5 Å². The van der Waals surface area contributed by atoms with E-state index in [-0.39, 0.29) is 23.6 Å². The fourth-order valence-corrected chi connectivity index (χ4v) is 2.93. The number of hydrogen-bond donors (Lipinski definition) is 2. The van der Waals surface area contributed by atoms with Gasteiger partial charge in [-0.3, -0.25) is 9.48 Å². The average molecular weight is 302 g/mol. The molecule has 1 amide bonds. The monoisotopic (exact) mass is 302 g/mol. The molecule has 0 spiro atoms. The van der Waals surface area contributed by atoms with Crippen molar-refractivity contribution in [3.63, 3.8) is 0 Å². The maximum absolute atomic E-state index is 13.1. The Hall–Kier alpha value is -2.21. The second-order valence-electron chi connectivity index (χ2n) is 5.77. The number of rotatable bonds is 3. The number of aromatic nitrogens is 2. The zero-order valence-corrected chi connectivity index (χ0v) is 12.6. The topological polar surface area (TPSA) is 59.0 Å². The Morgan fingerprint density at radius 2 is 2.27 bits per heavy atom. The highest BCUT2D eigenvalue weighted by atomic mass is 19.1. The van der Waals surface area contributed by atoms with Gasteiger partial charge in [-0.15, -0.1) is 0 Å². The van der Waals surface area contributed by atoms with Gasteiger partial charge >= 0.3 is 0 Å². The number of carbonyl (C=O) groups excluding carboxylic acids is 1. The standard InChI is InChI=1S/C16H19FN4O/c1-10-5-12(17)3-4-15(10)20-16(22)14-8-18-7-13(14)11-6-19-21(2)9-11/h3-6,9,13-14,18H,7-8H2,1-2H3,(H,20,22)/t13-,14+/m1/s1. The summed E-state index contributed by atoms with van der Waals surface area (Å²) in [6.45, 7) is 3.17. The number of benzene rings is 1. The minimum atomic E-state index is -0.300. The first kappa shape index (κ1) is 14.7. The Morgan fingerprint density at radius 1 is 1.45 bits per heavy atom. The van der Waals surface area contributed by atoms with Crippen LogP contribution in [0.25, 0.3) is 0 Å². The Labute approximate surface area is 128 Å². The number of aryl methyl sites for hydroxylation is 2. The lowest BCUT2D eigenvalue weighted by atomic mass is 9.90. The quantitative estimate of drug-likeness (QED) is 0.909. The van der Waals surface area contributed by atoms with Gasteiger partial charge < -0.3 is 10.6 Å². The summed E-state index contributed by atoms with van der Waals surface area (Å²) < 4.78 is 14.9. The van der Waals surface area contributed by atoms with Gasteiger partial charge in [0, 0.05) is 37.9 Å². The highest BCUT2D eigenvalue weighted by Gasteiger charge is 2.34. The summed E-state index contributed by atoms with van der Waals surface area (Å²) in [6, 6.07) is 4.37. The van der Waals surface area contributed by atoms with Crippen LogP contribution in [-0.2, 0) is 11.8 Å². The van der Waals surface area contributed by atoms with Gasteiger partial charge in [0.25, 0.3) is 0 Å². The molecule has 2 N–H and O–H groups in total.